The first-order chi connectivity index (χ1) is 10.7. The maximum Gasteiger partial charge on any atom is 0.287 e. The summed E-state index contributed by atoms with van der Waals surface area (Å²) in [7, 11) is 0. The summed E-state index contributed by atoms with van der Waals surface area (Å²) in [5, 5.41) is 6.16. The van der Waals surface area contributed by atoms with Gasteiger partial charge in [0.2, 0.25) is 0 Å². The molecule has 1 aromatic carbocycles. The molecule has 0 aliphatic rings. The fourth-order valence-corrected chi connectivity index (χ4v) is 2.97. The van der Waals surface area contributed by atoms with Crippen LogP contribution in [0.4, 0.5) is 0 Å². The lowest BCUT2D eigenvalue weighted by Gasteiger charge is -2.12. The lowest BCUT2D eigenvalue weighted by atomic mass is 10.2. The van der Waals surface area contributed by atoms with Crippen LogP contribution in [-0.4, -0.2) is 25.0 Å². The molecule has 0 saturated heterocycles. The van der Waals surface area contributed by atoms with Crippen molar-refractivity contribution < 1.29 is 9.21 Å². The van der Waals surface area contributed by atoms with Crippen LogP contribution >= 0.6 is 24.2 Å². The van der Waals surface area contributed by atoms with Crippen molar-refractivity contribution in [3.05, 3.63) is 54.0 Å². The Bertz CT molecular complexity index is 589. The summed E-state index contributed by atoms with van der Waals surface area (Å²) < 4.78 is 5.36. The monoisotopic (exact) mass is 354 g/mol. The summed E-state index contributed by atoms with van der Waals surface area (Å²) in [6.07, 6.45) is 1.57. The van der Waals surface area contributed by atoms with E-state index in [4.69, 9.17) is 4.42 Å². The number of hydrogen-bond donors (Lipinski definition) is 2. The van der Waals surface area contributed by atoms with Crippen molar-refractivity contribution >= 4 is 30.1 Å². The van der Waals surface area contributed by atoms with Gasteiger partial charge < -0.3 is 15.1 Å². The van der Waals surface area contributed by atoms with E-state index in [9.17, 15) is 4.79 Å². The van der Waals surface area contributed by atoms with Gasteiger partial charge in [-0.15, -0.1) is 24.2 Å². The largest absolute Gasteiger partial charge is 0.459 e. The smallest absolute Gasteiger partial charge is 0.287 e. The van der Waals surface area contributed by atoms with Crippen LogP contribution < -0.4 is 10.6 Å². The summed E-state index contributed by atoms with van der Waals surface area (Å²) in [5.74, 6) is 0.969. The number of thioether (sulfide) groups is 1. The third-order valence-corrected chi connectivity index (χ3v) is 4.27. The first-order valence-corrected chi connectivity index (χ1v) is 8.45. The van der Waals surface area contributed by atoms with Gasteiger partial charge in [-0.2, -0.15) is 0 Å². The molecule has 0 aliphatic carbocycles. The van der Waals surface area contributed by atoms with Gasteiger partial charge in [-0.25, -0.2) is 0 Å². The van der Waals surface area contributed by atoms with E-state index in [1.807, 2.05) is 38.1 Å². The zero-order chi connectivity index (χ0) is 15.8. The summed E-state index contributed by atoms with van der Waals surface area (Å²) in [4.78, 5) is 13.4. The van der Waals surface area contributed by atoms with E-state index in [2.05, 4.69) is 22.8 Å². The number of halogens is 1. The fourth-order valence-electron chi connectivity index (χ4n) is 2.07. The zero-order valence-corrected chi connectivity index (χ0v) is 15.0. The maximum atomic E-state index is 12.2. The number of carbonyl (C=O) groups excluding carboxylic acids is 1. The van der Waals surface area contributed by atoms with Crippen molar-refractivity contribution in [2.45, 2.75) is 30.5 Å². The highest BCUT2D eigenvalue weighted by atomic mass is 35.5. The molecule has 0 fully saturated rings. The Hall–Kier alpha value is -1.43. The summed E-state index contributed by atoms with van der Waals surface area (Å²) >= 11 is 1.69. The molecule has 1 heterocycles. The van der Waals surface area contributed by atoms with Gasteiger partial charge in [0.05, 0.1) is 6.26 Å². The van der Waals surface area contributed by atoms with Gasteiger partial charge in [0.1, 0.15) is 0 Å². The molecule has 2 rings (SSSR count). The number of nitrogens with one attached hydrogen (secondary N) is 2. The standard InChI is InChI=1S/C17H22N2O2S.ClH/c1-3-18-13(2)11-19-17(20)16-14(9-10-21-16)12-22-15-7-5-4-6-8-15;/h4-10,13,18H,3,11-12H2,1-2H3,(H,19,20);1H/t13-;/m1./s1. The van der Waals surface area contributed by atoms with Crippen LogP contribution in [0.1, 0.15) is 30.0 Å². The van der Waals surface area contributed by atoms with Crippen molar-refractivity contribution in [1.29, 1.82) is 0 Å². The molecular weight excluding hydrogens is 332 g/mol. The maximum absolute atomic E-state index is 12.2. The van der Waals surface area contributed by atoms with Crippen LogP contribution in [0.2, 0.25) is 0 Å². The molecule has 6 heteroatoms. The SMILES string of the molecule is CCN[C@H](C)CNC(=O)c1occc1CSc1ccccc1.Cl. The Morgan fingerprint density at radius 1 is 1.26 bits per heavy atom. The van der Waals surface area contributed by atoms with Crippen molar-refractivity contribution in [1.82, 2.24) is 10.6 Å². The van der Waals surface area contributed by atoms with E-state index >= 15 is 0 Å². The number of hydrogen-bond acceptors (Lipinski definition) is 4. The van der Waals surface area contributed by atoms with Gasteiger partial charge in [-0.1, -0.05) is 25.1 Å². The zero-order valence-electron chi connectivity index (χ0n) is 13.4. The average molecular weight is 355 g/mol. The Balaban J connectivity index is 0.00000264. The lowest BCUT2D eigenvalue weighted by Crippen LogP contribution is -2.38. The molecule has 4 nitrogen and oxygen atoms in total. The quantitative estimate of drug-likeness (QED) is 0.709. The number of furan rings is 1. The van der Waals surface area contributed by atoms with Gasteiger partial charge in [-0.05, 0) is 31.7 Å². The van der Waals surface area contributed by atoms with Crippen molar-refractivity contribution in [3.8, 4) is 0 Å². The van der Waals surface area contributed by atoms with Crippen LogP contribution in [0.5, 0.6) is 0 Å². The minimum absolute atomic E-state index is 0. The molecule has 0 saturated carbocycles. The molecule has 0 radical (unpaired) electrons. The van der Waals surface area contributed by atoms with Gasteiger partial charge in [-0.3, -0.25) is 4.79 Å². The van der Waals surface area contributed by atoms with E-state index in [1.165, 1.54) is 4.90 Å². The second kappa shape index (κ2) is 10.4. The van der Waals surface area contributed by atoms with E-state index < -0.39 is 0 Å². The molecule has 2 aromatic rings. The highest BCUT2D eigenvalue weighted by molar-refractivity contribution is 7.98. The number of carbonyl (C=O) groups is 1. The number of rotatable bonds is 8. The third kappa shape index (κ3) is 6.29. The van der Waals surface area contributed by atoms with Gasteiger partial charge in [0.15, 0.2) is 5.76 Å². The van der Waals surface area contributed by atoms with Crippen LogP contribution in [-0.2, 0) is 5.75 Å². The summed E-state index contributed by atoms with van der Waals surface area (Å²) in [5.41, 5.74) is 0.919. The predicted molar refractivity (Wildman–Crippen MR) is 97.4 cm³/mol. The van der Waals surface area contributed by atoms with Crippen LogP contribution in [0.25, 0.3) is 0 Å². The third-order valence-electron chi connectivity index (χ3n) is 3.21. The van der Waals surface area contributed by atoms with E-state index in [1.54, 1.807) is 18.0 Å². The minimum Gasteiger partial charge on any atom is -0.459 e. The van der Waals surface area contributed by atoms with E-state index in [0.717, 1.165) is 12.1 Å². The molecular formula is C17H23ClN2O2S. The summed E-state index contributed by atoms with van der Waals surface area (Å²) in [6.45, 7) is 5.55. The Labute approximate surface area is 147 Å². The lowest BCUT2D eigenvalue weighted by molar-refractivity contribution is 0.0921. The van der Waals surface area contributed by atoms with E-state index in [-0.39, 0.29) is 24.4 Å². The first-order valence-electron chi connectivity index (χ1n) is 7.46. The molecule has 1 atom stereocenters. The molecule has 1 amide bonds. The van der Waals surface area contributed by atoms with E-state index in [0.29, 0.717) is 18.1 Å². The van der Waals surface area contributed by atoms with Crippen molar-refractivity contribution in [2.24, 2.45) is 0 Å². The molecule has 0 spiro atoms. The molecule has 0 bridgehead atoms. The van der Waals surface area contributed by atoms with Gasteiger partial charge >= 0.3 is 0 Å². The highest BCUT2D eigenvalue weighted by Crippen LogP contribution is 2.24. The first kappa shape index (κ1) is 19.6. The number of likely N-dealkylation sites (N-methyl/N-ethyl adjacent to an activating group) is 1. The summed E-state index contributed by atoms with van der Waals surface area (Å²) in [6, 6.07) is 12.2. The Morgan fingerprint density at radius 3 is 2.70 bits per heavy atom. The Morgan fingerprint density at radius 2 is 2.00 bits per heavy atom. The van der Waals surface area contributed by atoms with Crippen molar-refractivity contribution in [3.63, 3.8) is 0 Å². The topological polar surface area (TPSA) is 54.3 Å². The Kier molecular flexibility index (Phi) is 8.84. The van der Waals surface area contributed by atoms with Crippen LogP contribution in [0.15, 0.2) is 52.0 Å². The second-order valence-electron chi connectivity index (χ2n) is 5.05. The van der Waals surface area contributed by atoms with Gasteiger partial charge in [0.25, 0.3) is 5.91 Å². The molecule has 2 N–H and O–H groups in total. The van der Waals surface area contributed by atoms with Crippen LogP contribution in [0.3, 0.4) is 0 Å². The molecule has 1 aromatic heterocycles. The molecule has 126 valence electrons. The molecule has 0 unspecified atom stereocenters. The number of amides is 1. The normalized spacial score (nSPS) is 11.6. The predicted octanol–water partition coefficient (Wildman–Crippen LogP) is 3.72. The van der Waals surface area contributed by atoms with Gasteiger partial charge in [0, 0.05) is 28.8 Å². The fraction of sp³-hybridized carbons (Fsp3) is 0.353. The molecule has 23 heavy (non-hydrogen) atoms. The van der Waals surface area contributed by atoms with Crippen molar-refractivity contribution in [2.75, 3.05) is 13.1 Å². The van der Waals surface area contributed by atoms with Crippen LogP contribution in [0, 0.1) is 0 Å². The average Bonchev–Trinajstić information content (AvgIpc) is 3.00. The number of benzene rings is 1. The highest BCUT2D eigenvalue weighted by Gasteiger charge is 2.16. The minimum atomic E-state index is -0.154. The molecule has 0 aliphatic heterocycles. The second-order valence-corrected chi connectivity index (χ2v) is 6.09.